The van der Waals surface area contributed by atoms with Gasteiger partial charge in [0.25, 0.3) is 0 Å². The number of para-hydroxylation sites is 1. The van der Waals surface area contributed by atoms with Crippen LogP contribution in [0.4, 0.5) is 5.69 Å². The number of morpholine rings is 1. The minimum Gasteiger partial charge on any atom is -0.497 e. The number of ether oxygens (including phenoxy) is 2. The number of methoxy groups -OCH3 is 1. The first kappa shape index (κ1) is 25.0. The number of nitrogens with zero attached hydrogens (tertiary/aromatic N) is 3. The third-order valence-corrected chi connectivity index (χ3v) is 7.09. The second kappa shape index (κ2) is 11.6. The normalized spacial score (nSPS) is 20.3. The molecule has 2 aromatic carbocycles. The number of unbranched alkanes of at least 4 members (excludes halogenated alkanes) is 1. The topological polar surface area (TPSA) is 62.3 Å². The monoisotopic (exact) mass is 479 g/mol. The van der Waals surface area contributed by atoms with Gasteiger partial charge in [-0.1, -0.05) is 43.7 Å². The summed E-state index contributed by atoms with van der Waals surface area (Å²) in [5.41, 5.74) is 3.24. The number of hydrogen-bond acceptors (Lipinski definition) is 5. The standard InChI is InChI=1S/C28H37N3O4/c1-4-5-14-31-26(32)19-24(27(31)21-10-12-23(34-3)13-11-21)28(33)29(2)20-22-8-6-7-9-25(22)30-15-17-35-18-16-30/h6-13,24,27H,4-5,14-20H2,1-3H3. The molecule has 2 unspecified atom stereocenters. The van der Waals surface area contributed by atoms with Crippen molar-refractivity contribution in [2.24, 2.45) is 5.92 Å². The molecule has 188 valence electrons. The third-order valence-electron chi connectivity index (χ3n) is 7.09. The molecule has 2 saturated heterocycles. The van der Waals surface area contributed by atoms with Crippen molar-refractivity contribution in [3.05, 3.63) is 59.7 Å². The van der Waals surface area contributed by atoms with E-state index in [1.165, 1.54) is 0 Å². The molecular weight excluding hydrogens is 442 g/mol. The Morgan fingerprint density at radius 1 is 1.11 bits per heavy atom. The highest BCUT2D eigenvalue weighted by atomic mass is 16.5. The zero-order valence-electron chi connectivity index (χ0n) is 21.1. The summed E-state index contributed by atoms with van der Waals surface area (Å²) in [6.07, 6.45) is 2.16. The van der Waals surface area contributed by atoms with Crippen molar-refractivity contribution in [1.82, 2.24) is 9.80 Å². The summed E-state index contributed by atoms with van der Waals surface area (Å²) < 4.78 is 10.8. The van der Waals surface area contributed by atoms with Crippen LogP contribution < -0.4 is 9.64 Å². The van der Waals surface area contributed by atoms with Crippen LogP contribution in [0.15, 0.2) is 48.5 Å². The molecule has 7 heteroatoms. The molecule has 35 heavy (non-hydrogen) atoms. The Labute approximate surface area is 208 Å². The van der Waals surface area contributed by atoms with Crippen LogP contribution in [0.5, 0.6) is 5.75 Å². The smallest absolute Gasteiger partial charge is 0.228 e. The summed E-state index contributed by atoms with van der Waals surface area (Å²) in [5, 5.41) is 0. The van der Waals surface area contributed by atoms with Crippen molar-refractivity contribution >= 4 is 17.5 Å². The largest absolute Gasteiger partial charge is 0.497 e. The summed E-state index contributed by atoms with van der Waals surface area (Å²) in [7, 11) is 3.49. The molecule has 2 aliphatic heterocycles. The van der Waals surface area contributed by atoms with Crippen LogP contribution in [-0.2, 0) is 20.9 Å². The van der Waals surface area contributed by atoms with Crippen molar-refractivity contribution in [3.63, 3.8) is 0 Å². The van der Waals surface area contributed by atoms with E-state index < -0.39 is 5.92 Å². The molecule has 2 amide bonds. The minimum absolute atomic E-state index is 0.00921. The van der Waals surface area contributed by atoms with Crippen LogP contribution >= 0.6 is 0 Å². The molecule has 0 aromatic heterocycles. The molecule has 2 aliphatic rings. The Balaban J connectivity index is 1.56. The molecule has 4 rings (SSSR count). The van der Waals surface area contributed by atoms with Gasteiger partial charge in [-0.05, 0) is 35.7 Å². The number of benzene rings is 2. The fourth-order valence-electron chi connectivity index (χ4n) is 5.19. The summed E-state index contributed by atoms with van der Waals surface area (Å²) >= 11 is 0. The van der Waals surface area contributed by atoms with E-state index in [2.05, 4.69) is 24.0 Å². The highest BCUT2D eigenvalue weighted by Gasteiger charge is 2.45. The molecule has 2 atom stereocenters. The summed E-state index contributed by atoms with van der Waals surface area (Å²) in [4.78, 5) is 32.9. The molecule has 2 aromatic rings. The number of likely N-dealkylation sites (tertiary alicyclic amines) is 1. The average Bonchev–Trinajstić information content (AvgIpc) is 3.23. The summed E-state index contributed by atoms with van der Waals surface area (Å²) in [5.74, 6) is 0.417. The summed E-state index contributed by atoms with van der Waals surface area (Å²) in [6, 6.07) is 15.8. The van der Waals surface area contributed by atoms with Crippen LogP contribution in [0.25, 0.3) is 0 Å². The van der Waals surface area contributed by atoms with Gasteiger partial charge in [-0.3, -0.25) is 9.59 Å². The predicted molar refractivity (Wildman–Crippen MR) is 136 cm³/mol. The maximum absolute atomic E-state index is 13.8. The van der Waals surface area contributed by atoms with Gasteiger partial charge in [0.2, 0.25) is 11.8 Å². The van der Waals surface area contributed by atoms with Gasteiger partial charge in [0.15, 0.2) is 0 Å². The molecule has 0 aliphatic carbocycles. The van der Waals surface area contributed by atoms with E-state index in [4.69, 9.17) is 9.47 Å². The number of rotatable bonds is 9. The minimum atomic E-state index is -0.409. The molecule has 0 N–H and O–H groups in total. The van der Waals surface area contributed by atoms with Gasteiger partial charge in [0.1, 0.15) is 5.75 Å². The van der Waals surface area contributed by atoms with Gasteiger partial charge < -0.3 is 24.2 Å². The zero-order valence-corrected chi connectivity index (χ0v) is 21.1. The van der Waals surface area contributed by atoms with E-state index in [0.717, 1.165) is 48.5 Å². The molecule has 0 saturated carbocycles. The van der Waals surface area contributed by atoms with Crippen molar-refractivity contribution in [3.8, 4) is 5.75 Å². The Bertz CT molecular complexity index is 1000. The van der Waals surface area contributed by atoms with Crippen molar-refractivity contribution in [2.45, 2.75) is 38.8 Å². The van der Waals surface area contributed by atoms with Crippen molar-refractivity contribution in [1.29, 1.82) is 0 Å². The maximum Gasteiger partial charge on any atom is 0.228 e. The third kappa shape index (κ3) is 5.61. The molecular formula is C28H37N3O4. The Hall–Kier alpha value is -3.06. The van der Waals surface area contributed by atoms with E-state index in [1.807, 2.05) is 48.3 Å². The molecule has 0 bridgehead atoms. The second-order valence-electron chi connectivity index (χ2n) is 9.39. The van der Waals surface area contributed by atoms with Crippen LogP contribution in [0.3, 0.4) is 0 Å². The van der Waals surface area contributed by atoms with Gasteiger partial charge in [-0.2, -0.15) is 0 Å². The Morgan fingerprint density at radius 2 is 1.83 bits per heavy atom. The zero-order chi connectivity index (χ0) is 24.8. The second-order valence-corrected chi connectivity index (χ2v) is 9.39. The van der Waals surface area contributed by atoms with E-state index in [0.29, 0.717) is 26.3 Å². The van der Waals surface area contributed by atoms with Gasteiger partial charge in [0.05, 0.1) is 32.3 Å². The van der Waals surface area contributed by atoms with E-state index in [1.54, 1.807) is 12.0 Å². The van der Waals surface area contributed by atoms with Crippen LogP contribution in [0.1, 0.15) is 43.4 Å². The fourth-order valence-corrected chi connectivity index (χ4v) is 5.19. The van der Waals surface area contributed by atoms with Crippen LogP contribution in [0.2, 0.25) is 0 Å². The SMILES string of the molecule is CCCCN1C(=O)CC(C(=O)N(C)Cc2ccccc2N2CCOCC2)C1c1ccc(OC)cc1. The van der Waals surface area contributed by atoms with Crippen molar-refractivity contribution in [2.75, 3.05) is 51.9 Å². The number of hydrogen-bond donors (Lipinski definition) is 0. The number of amides is 2. The first-order valence-electron chi connectivity index (χ1n) is 12.6. The van der Waals surface area contributed by atoms with Gasteiger partial charge >= 0.3 is 0 Å². The fraction of sp³-hybridized carbons (Fsp3) is 0.500. The van der Waals surface area contributed by atoms with E-state index in [9.17, 15) is 9.59 Å². The molecule has 2 heterocycles. The van der Waals surface area contributed by atoms with Gasteiger partial charge in [-0.25, -0.2) is 0 Å². The Morgan fingerprint density at radius 3 is 2.51 bits per heavy atom. The molecule has 2 fully saturated rings. The first-order valence-corrected chi connectivity index (χ1v) is 12.6. The van der Waals surface area contributed by atoms with Crippen LogP contribution in [0, 0.1) is 5.92 Å². The summed E-state index contributed by atoms with van der Waals surface area (Å²) in [6.45, 7) is 6.40. The lowest BCUT2D eigenvalue weighted by Gasteiger charge is -2.33. The molecule has 0 spiro atoms. The van der Waals surface area contributed by atoms with Gasteiger partial charge in [-0.15, -0.1) is 0 Å². The highest BCUT2D eigenvalue weighted by Crippen LogP contribution is 2.40. The lowest BCUT2D eigenvalue weighted by atomic mass is 9.92. The molecule has 0 radical (unpaired) electrons. The predicted octanol–water partition coefficient (Wildman–Crippen LogP) is 3.88. The van der Waals surface area contributed by atoms with Gasteiger partial charge in [0, 0.05) is 45.3 Å². The first-order chi connectivity index (χ1) is 17.0. The lowest BCUT2D eigenvalue weighted by molar-refractivity contribution is -0.135. The lowest BCUT2D eigenvalue weighted by Crippen LogP contribution is -2.39. The number of anilines is 1. The van der Waals surface area contributed by atoms with E-state index >= 15 is 0 Å². The quantitative estimate of drug-likeness (QED) is 0.546. The molecule has 7 nitrogen and oxygen atoms in total. The van der Waals surface area contributed by atoms with Crippen molar-refractivity contribution < 1.29 is 19.1 Å². The highest BCUT2D eigenvalue weighted by molar-refractivity contribution is 5.90. The van der Waals surface area contributed by atoms with E-state index in [-0.39, 0.29) is 24.3 Å². The van der Waals surface area contributed by atoms with Crippen LogP contribution in [-0.4, -0.2) is 68.6 Å². The maximum atomic E-state index is 13.8. The number of carbonyl (C=O) groups excluding carboxylic acids is 2. The number of carbonyl (C=O) groups is 2. The average molecular weight is 480 g/mol. The Kier molecular flexibility index (Phi) is 8.29.